The van der Waals surface area contributed by atoms with Crippen molar-refractivity contribution in [2.45, 2.75) is 51.0 Å². The lowest BCUT2D eigenvalue weighted by Crippen LogP contribution is -2.56. The topological polar surface area (TPSA) is 54.4 Å². The van der Waals surface area contributed by atoms with E-state index in [4.69, 9.17) is 0 Å². The highest BCUT2D eigenvalue weighted by molar-refractivity contribution is 14.0. The summed E-state index contributed by atoms with van der Waals surface area (Å²) in [6, 6.07) is 0.866. The van der Waals surface area contributed by atoms with Crippen LogP contribution >= 0.6 is 24.0 Å². The van der Waals surface area contributed by atoms with Crippen molar-refractivity contribution in [1.82, 2.24) is 24.9 Å². The molecule has 2 aliphatic heterocycles. The molecule has 32 heavy (non-hydrogen) atoms. The molecule has 8 heteroatoms. The van der Waals surface area contributed by atoms with E-state index in [9.17, 15) is 4.79 Å². The molecular formula is C24H43IN6O. The Hall–Kier alpha value is -0.610. The molecule has 2 saturated heterocycles. The van der Waals surface area contributed by atoms with Crippen LogP contribution in [-0.2, 0) is 4.79 Å². The highest BCUT2D eigenvalue weighted by Gasteiger charge is 2.42. The monoisotopic (exact) mass is 558 g/mol. The number of hydrogen-bond donors (Lipinski definition) is 1. The van der Waals surface area contributed by atoms with Gasteiger partial charge in [-0.3, -0.25) is 19.6 Å². The molecule has 2 heterocycles. The molecular weight excluding hydrogens is 515 g/mol. The van der Waals surface area contributed by atoms with Crippen LogP contribution < -0.4 is 5.32 Å². The Bertz CT molecular complexity index is 655. The molecule has 3 atom stereocenters. The molecule has 0 aromatic rings. The van der Waals surface area contributed by atoms with Crippen molar-refractivity contribution >= 4 is 35.8 Å². The van der Waals surface area contributed by atoms with Crippen molar-refractivity contribution < 1.29 is 4.79 Å². The molecule has 1 amide bonds. The molecule has 5 fully saturated rings. The standard InChI is InChI=1S/C24H42N6O.HI/c1-25-24(30-15-13-28(14-16-30)22-18-19-5-6-21(22)17-19)26-7-8-27-9-11-29(12-10-27)23(31)20-3-2-4-20;/h19-22H,2-18H2,1H3,(H,25,26);1H. The average Bonchev–Trinajstić information content (AvgIpc) is 3.40. The Morgan fingerprint density at radius 1 is 0.906 bits per heavy atom. The van der Waals surface area contributed by atoms with Crippen LogP contribution in [0.15, 0.2) is 4.99 Å². The fourth-order valence-electron chi connectivity index (χ4n) is 6.69. The first-order valence-electron chi connectivity index (χ1n) is 12.9. The van der Waals surface area contributed by atoms with Crippen molar-refractivity contribution in [3.05, 3.63) is 0 Å². The van der Waals surface area contributed by atoms with Gasteiger partial charge in [-0.25, -0.2) is 0 Å². The predicted molar refractivity (Wildman–Crippen MR) is 140 cm³/mol. The van der Waals surface area contributed by atoms with Gasteiger partial charge in [0, 0.05) is 84.5 Å². The highest BCUT2D eigenvalue weighted by Crippen LogP contribution is 2.46. The van der Waals surface area contributed by atoms with Gasteiger partial charge < -0.3 is 15.1 Å². The molecule has 7 nitrogen and oxygen atoms in total. The van der Waals surface area contributed by atoms with E-state index in [1.165, 1.54) is 45.2 Å². The van der Waals surface area contributed by atoms with Crippen molar-refractivity contribution in [3.8, 4) is 0 Å². The van der Waals surface area contributed by atoms with E-state index >= 15 is 0 Å². The minimum absolute atomic E-state index is 0. The minimum atomic E-state index is 0. The fraction of sp³-hybridized carbons (Fsp3) is 0.917. The molecule has 0 aromatic heterocycles. The maximum absolute atomic E-state index is 12.4. The van der Waals surface area contributed by atoms with Crippen LogP contribution in [0.1, 0.15) is 44.9 Å². The third kappa shape index (κ3) is 5.37. The molecule has 182 valence electrons. The maximum atomic E-state index is 12.4. The van der Waals surface area contributed by atoms with Crippen molar-refractivity contribution in [2.24, 2.45) is 22.7 Å². The van der Waals surface area contributed by atoms with Crippen LogP contribution in [0, 0.1) is 17.8 Å². The van der Waals surface area contributed by atoms with Crippen LogP contribution in [0.25, 0.3) is 0 Å². The van der Waals surface area contributed by atoms with Crippen LogP contribution in [0.4, 0.5) is 0 Å². The number of carbonyl (C=O) groups excluding carboxylic acids is 1. The summed E-state index contributed by atoms with van der Waals surface area (Å²) >= 11 is 0. The first-order valence-corrected chi connectivity index (χ1v) is 12.9. The Labute approximate surface area is 211 Å². The van der Waals surface area contributed by atoms with Gasteiger partial charge in [-0.2, -0.15) is 0 Å². The zero-order valence-electron chi connectivity index (χ0n) is 19.9. The van der Waals surface area contributed by atoms with E-state index < -0.39 is 0 Å². The highest BCUT2D eigenvalue weighted by atomic mass is 127. The molecule has 3 aliphatic carbocycles. The van der Waals surface area contributed by atoms with Gasteiger partial charge in [0.2, 0.25) is 5.91 Å². The lowest BCUT2D eigenvalue weighted by atomic mass is 9.84. The Morgan fingerprint density at radius 2 is 1.62 bits per heavy atom. The van der Waals surface area contributed by atoms with Gasteiger partial charge in [-0.15, -0.1) is 24.0 Å². The van der Waals surface area contributed by atoms with Gasteiger partial charge >= 0.3 is 0 Å². The fourth-order valence-corrected chi connectivity index (χ4v) is 6.69. The van der Waals surface area contributed by atoms with Gasteiger partial charge in [0.15, 0.2) is 5.96 Å². The van der Waals surface area contributed by atoms with Gasteiger partial charge in [0.25, 0.3) is 0 Å². The summed E-state index contributed by atoms with van der Waals surface area (Å²) in [5.74, 6) is 3.82. The summed E-state index contributed by atoms with van der Waals surface area (Å²) in [5.41, 5.74) is 0. The van der Waals surface area contributed by atoms with E-state index in [2.05, 4.69) is 29.9 Å². The van der Waals surface area contributed by atoms with Gasteiger partial charge in [0.1, 0.15) is 0 Å². The Kier molecular flexibility index (Phi) is 8.59. The molecule has 0 radical (unpaired) electrons. The summed E-state index contributed by atoms with van der Waals surface area (Å²) in [6.45, 7) is 10.3. The third-order valence-electron chi connectivity index (χ3n) is 8.84. The normalized spacial score (nSPS) is 32.0. The number of nitrogens with zero attached hydrogens (tertiary/aromatic N) is 5. The second-order valence-corrected chi connectivity index (χ2v) is 10.5. The van der Waals surface area contributed by atoms with Crippen molar-refractivity contribution in [2.75, 3.05) is 72.5 Å². The number of halogens is 1. The number of carbonyl (C=O) groups is 1. The zero-order chi connectivity index (χ0) is 21.2. The second kappa shape index (κ2) is 11.2. The first-order chi connectivity index (χ1) is 15.2. The number of aliphatic imine (C=N–C) groups is 1. The Balaban J connectivity index is 0.00000245. The number of hydrogen-bond acceptors (Lipinski definition) is 4. The summed E-state index contributed by atoms with van der Waals surface area (Å²) < 4.78 is 0. The van der Waals surface area contributed by atoms with Crippen molar-refractivity contribution in [1.29, 1.82) is 0 Å². The van der Waals surface area contributed by atoms with Gasteiger partial charge in [-0.1, -0.05) is 12.8 Å². The molecule has 0 spiro atoms. The van der Waals surface area contributed by atoms with Crippen LogP contribution in [0.2, 0.25) is 0 Å². The average molecular weight is 559 g/mol. The second-order valence-electron chi connectivity index (χ2n) is 10.5. The SMILES string of the molecule is CN=C(NCCN1CCN(C(=O)C2CCC2)CC1)N1CCN(C2CC3CCC2C3)CC1.I. The largest absolute Gasteiger partial charge is 0.355 e. The van der Waals surface area contributed by atoms with E-state index in [1.54, 1.807) is 0 Å². The summed E-state index contributed by atoms with van der Waals surface area (Å²) in [7, 11) is 1.91. The maximum Gasteiger partial charge on any atom is 0.225 e. The number of rotatable bonds is 5. The van der Waals surface area contributed by atoms with E-state index in [0.717, 1.165) is 89.0 Å². The predicted octanol–water partition coefficient (Wildman–Crippen LogP) is 1.93. The van der Waals surface area contributed by atoms with Gasteiger partial charge in [-0.05, 0) is 43.9 Å². The Morgan fingerprint density at radius 3 is 2.19 bits per heavy atom. The number of piperazine rings is 2. The van der Waals surface area contributed by atoms with Crippen LogP contribution in [0.5, 0.6) is 0 Å². The van der Waals surface area contributed by atoms with Gasteiger partial charge in [0.05, 0.1) is 0 Å². The lowest BCUT2D eigenvalue weighted by molar-refractivity contribution is -0.139. The summed E-state index contributed by atoms with van der Waals surface area (Å²) in [6.07, 6.45) is 9.37. The molecule has 5 rings (SSSR count). The third-order valence-corrected chi connectivity index (χ3v) is 8.84. The molecule has 0 aromatic carbocycles. The molecule has 1 N–H and O–H groups in total. The molecule has 2 bridgehead atoms. The van der Waals surface area contributed by atoms with E-state index in [0.29, 0.717) is 11.8 Å². The zero-order valence-corrected chi connectivity index (χ0v) is 22.2. The summed E-state index contributed by atoms with van der Waals surface area (Å²) in [5, 5.41) is 3.60. The summed E-state index contributed by atoms with van der Waals surface area (Å²) in [4.78, 5) is 26.8. The smallest absolute Gasteiger partial charge is 0.225 e. The lowest BCUT2D eigenvalue weighted by Gasteiger charge is -2.42. The first kappa shape index (κ1) is 24.5. The number of amides is 1. The molecule has 5 aliphatic rings. The van der Waals surface area contributed by atoms with E-state index in [-0.39, 0.29) is 24.0 Å². The number of guanidine groups is 1. The van der Waals surface area contributed by atoms with Crippen LogP contribution in [0.3, 0.4) is 0 Å². The molecule has 3 saturated carbocycles. The van der Waals surface area contributed by atoms with Crippen molar-refractivity contribution in [3.63, 3.8) is 0 Å². The molecule has 3 unspecified atom stereocenters. The number of fused-ring (bicyclic) bond motifs is 2. The minimum Gasteiger partial charge on any atom is -0.355 e. The quantitative estimate of drug-likeness (QED) is 0.318. The van der Waals surface area contributed by atoms with Crippen LogP contribution in [-0.4, -0.2) is 110 Å². The van der Waals surface area contributed by atoms with E-state index in [1.807, 2.05) is 7.05 Å². The number of nitrogens with one attached hydrogen (secondary N) is 1.